The molecule has 0 heterocycles. The van der Waals surface area contributed by atoms with Crippen molar-refractivity contribution < 1.29 is 4.74 Å². The zero-order valence-electron chi connectivity index (χ0n) is 11.4. The largest absolute Gasteiger partial charge is 0.497 e. The molecule has 0 fully saturated rings. The smallest absolute Gasteiger partial charge is 0.133 e. The molecule has 100 valence electrons. The fourth-order valence-corrected chi connectivity index (χ4v) is 2.76. The number of ether oxygens (including phenoxy) is 1. The minimum Gasteiger partial charge on any atom is -0.497 e. The molecule has 1 aliphatic rings. The van der Waals surface area contributed by atoms with Gasteiger partial charge in [-0.3, -0.25) is 0 Å². The monoisotopic (exact) mass is 264 g/mol. The van der Waals surface area contributed by atoms with E-state index in [1.807, 2.05) is 36.4 Å². The SMILES string of the molecule is COc1ccc(NC2(C#N)Cc3ccccc3C2)cc1. The number of anilines is 1. The predicted molar refractivity (Wildman–Crippen MR) is 78.8 cm³/mol. The van der Waals surface area contributed by atoms with E-state index >= 15 is 0 Å². The topological polar surface area (TPSA) is 45.0 Å². The molecule has 0 spiro atoms. The molecular weight excluding hydrogens is 248 g/mol. The van der Waals surface area contributed by atoms with Gasteiger partial charge in [0.2, 0.25) is 0 Å². The number of nitrogens with zero attached hydrogens (tertiary/aromatic N) is 1. The summed E-state index contributed by atoms with van der Waals surface area (Å²) in [7, 11) is 1.65. The number of hydrogen-bond donors (Lipinski definition) is 1. The third-order valence-electron chi connectivity index (χ3n) is 3.79. The van der Waals surface area contributed by atoms with Crippen LogP contribution in [0.5, 0.6) is 5.75 Å². The van der Waals surface area contributed by atoms with Gasteiger partial charge in [0.15, 0.2) is 0 Å². The third-order valence-corrected chi connectivity index (χ3v) is 3.79. The first-order chi connectivity index (χ1) is 9.74. The van der Waals surface area contributed by atoms with Gasteiger partial charge in [-0.15, -0.1) is 0 Å². The summed E-state index contributed by atoms with van der Waals surface area (Å²) in [6, 6.07) is 18.4. The van der Waals surface area contributed by atoms with Crippen molar-refractivity contribution in [2.45, 2.75) is 18.4 Å². The molecule has 3 rings (SSSR count). The van der Waals surface area contributed by atoms with E-state index in [0.29, 0.717) is 0 Å². The van der Waals surface area contributed by atoms with Gasteiger partial charge in [0, 0.05) is 18.5 Å². The number of methoxy groups -OCH3 is 1. The van der Waals surface area contributed by atoms with E-state index in [-0.39, 0.29) is 0 Å². The first kappa shape index (κ1) is 12.6. The van der Waals surface area contributed by atoms with Gasteiger partial charge in [0.1, 0.15) is 11.3 Å². The van der Waals surface area contributed by atoms with Crippen LogP contribution in [0.25, 0.3) is 0 Å². The van der Waals surface area contributed by atoms with Crippen molar-refractivity contribution in [2.75, 3.05) is 12.4 Å². The summed E-state index contributed by atoms with van der Waals surface area (Å²) in [5, 5.41) is 13.0. The van der Waals surface area contributed by atoms with Gasteiger partial charge >= 0.3 is 0 Å². The second-order valence-electron chi connectivity index (χ2n) is 5.17. The van der Waals surface area contributed by atoms with E-state index in [9.17, 15) is 5.26 Å². The van der Waals surface area contributed by atoms with Gasteiger partial charge in [-0.05, 0) is 35.4 Å². The van der Waals surface area contributed by atoms with Crippen LogP contribution in [0, 0.1) is 11.3 Å². The first-order valence-electron chi connectivity index (χ1n) is 6.65. The zero-order valence-corrected chi connectivity index (χ0v) is 11.4. The van der Waals surface area contributed by atoms with E-state index in [0.717, 1.165) is 24.3 Å². The Morgan fingerprint density at radius 2 is 1.65 bits per heavy atom. The second kappa shape index (κ2) is 4.90. The van der Waals surface area contributed by atoms with E-state index < -0.39 is 5.54 Å². The highest BCUT2D eigenvalue weighted by Gasteiger charge is 2.37. The van der Waals surface area contributed by atoms with Crippen molar-refractivity contribution in [1.82, 2.24) is 0 Å². The van der Waals surface area contributed by atoms with Gasteiger partial charge in [0.25, 0.3) is 0 Å². The molecule has 3 nitrogen and oxygen atoms in total. The van der Waals surface area contributed by atoms with Crippen molar-refractivity contribution in [3.63, 3.8) is 0 Å². The molecule has 0 saturated heterocycles. The van der Waals surface area contributed by atoms with Gasteiger partial charge in [-0.1, -0.05) is 24.3 Å². The number of hydrogen-bond acceptors (Lipinski definition) is 3. The molecule has 0 radical (unpaired) electrons. The Morgan fingerprint density at radius 3 is 2.15 bits per heavy atom. The van der Waals surface area contributed by atoms with E-state index in [4.69, 9.17) is 4.74 Å². The Hall–Kier alpha value is -2.47. The van der Waals surface area contributed by atoms with Crippen molar-refractivity contribution in [3.05, 3.63) is 59.7 Å². The lowest BCUT2D eigenvalue weighted by molar-refractivity contribution is 0.415. The van der Waals surface area contributed by atoms with Crippen LogP contribution in [0.2, 0.25) is 0 Å². The highest BCUT2D eigenvalue weighted by atomic mass is 16.5. The van der Waals surface area contributed by atoms with Crippen LogP contribution in [0.15, 0.2) is 48.5 Å². The molecule has 0 aliphatic heterocycles. The van der Waals surface area contributed by atoms with Crippen molar-refractivity contribution in [1.29, 1.82) is 5.26 Å². The Kier molecular flexibility index (Phi) is 3.08. The summed E-state index contributed by atoms with van der Waals surface area (Å²) in [4.78, 5) is 0. The number of nitriles is 1. The molecule has 2 aromatic carbocycles. The average molecular weight is 264 g/mol. The molecular formula is C17H16N2O. The van der Waals surface area contributed by atoms with Crippen LogP contribution in [-0.4, -0.2) is 12.6 Å². The highest BCUT2D eigenvalue weighted by molar-refractivity contribution is 5.54. The Bertz CT molecular complexity index is 630. The van der Waals surface area contributed by atoms with Crippen LogP contribution in [0.1, 0.15) is 11.1 Å². The van der Waals surface area contributed by atoms with Crippen molar-refractivity contribution in [3.8, 4) is 11.8 Å². The van der Waals surface area contributed by atoms with Crippen LogP contribution < -0.4 is 10.1 Å². The molecule has 20 heavy (non-hydrogen) atoms. The summed E-state index contributed by atoms with van der Waals surface area (Å²) < 4.78 is 5.15. The highest BCUT2D eigenvalue weighted by Crippen LogP contribution is 2.32. The lowest BCUT2D eigenvalue weighted by atomic mass is 9.97. The molecule has 0 aromatic heterocycles. The van der Waals surface area contributed by atoms with E-state index in [2.05, 4.69) is 23.5 Å². The number of benzene rings is 2. The minimum atomic E-state index is -0.543. The van der Waals surface area contributed by atoms with Crippen molar-refractivity contribution >= 4 is 5.69 Å². The number of fused-ring (bicyclic) bond motifs is 1. The summed E-state index contributed by atoms with van der Waals surface area (Å²) in [5.74, 6) is 0.816. The van der Waals surface area contributed by atoms with Crippen LogP contribution in [-0.2, 0) is 12.8 Å². The quantitative estimate of drug-likeness (QED) is 0.926. The fourth-order valence-electron chi connectivity index (χ4n) is 2.76. The maximum atomic E-state index is 9.61. The molecule has 3 heteroatoms. The lowest BCUT2D eigenvalue weighted by Crippen LogP contribution is -2.37. The van der Waals surface area contributed by atoms with Crippen molar-refractivity contribution in [2.24, 2.45) is 0 Å². The molecule has 1 N–H and O–H groups in total. The Morgan fingerprint density at radius 1 is 1.05 bits per heavy atom. The normalized spacial score (nSPS) is 15.2. The lowest BCUT2D eigenvalue weighted by Gasteiger charge is -2.23. The molecule has 0 unspecified atom stereocenters. The van der Waals surface area contributed by atoms with E-state index in [1.165, 1.54) is 11.1 Å². The van der Waals surface area contributed by atoms with Crippen LogP contribution >= 0.6 is 0 Å². The summed E-state index contributed by atoms with van der Waals surface area (Å²) in [6.07, 6.45) is 1.48. The molecule has 0 atom stereocenters. The standard InChI is InChI=1S/C17H16N2O/c1-20-16-8-6-15(7-9-16)19-17(12-18)10-13-4-2-3-5-14(13)11-17/h2-9,19H,10-11H2,1H3. The van der Waals surface area contributed by atoms with Crippen LogP contribution in [0.4, 0.5) is 5.69 Å². The zero-order chi connectivity index (χ0) is 14.0. The Balaban J connectivity index is 1.83. The molecule has 0 saturated carbocycles. The molecule has 0 bridgehead atoms. The van der Waals surface area contributed by atoms with Crippen LogP contribution in [0.3, 0.4) is 0 Å². The summed E-state index contributed by atoms with van der Waals surface area (Å²) in [5.41, 5.74) is 2.92. The maximum Gasteiger partial charge on any atom is 0.133 e. The van der Waals surface area contributed by atoms with E-state index in [1.54, 1.807) is 7.11 Å². The molecule has 2 aromatic rings. The summed E-state index contributed by atoms with van der Waals surface area (Å²) >= 11 is 0. The molecule has 1 aliphatic carbocycles. The Labute approximate surface area is 118 Å². The maximum absolute atomic E-state index is 9.61. The van der Waals surface area contributed by atoms with Gasteiger partial charge < -0.3 is 10.1 Å². The number of nitrogens with one attached hydrogen (secondary N) is 1. The second-order valence-corrected chi connectivity index (χ2v) is 5.17. The van der Waals surface area contributed by atoms with Gasteiger partial charge in [-0.2, -0.15) is 5.26 Å². The summed E-state index contributed by atoms with van der Waals surface area (Å²) in [6.45, 7) is 0. The predicted octanol–water partition coefficient (Wildman–Crippen LogP) is 3.17. The third kappa shape index (κ3) is 2.21. The van der Waals surface area contributed by atoms with Gasteiger partial charge in [-0.25, -0.2) is 0 Å². The average Bonchev–Trinajstić information content (AvgIpc) is 2.86. The first-order valence-corrected chi connectivity index (χ1v) is 6.65. The fraction of sp³-hybridized carbons (Fsp3) is 0.235. The number of rotatable bonds is 3. The minimum absolute atomic E-state index is 0.543. The van der Waals surface area contributed by atoms with Gasteiger partial charge in [0.05, 0.1) is 13.2 Å². The molecule has 0 amide bonds.